The largest absolute Gasteiger partial charge is 0.0792 e. The topological polar surface area (TPSA) is 0 Å². The van der Waals surface area contributed by atoms with E-state index in [1.165, 1.54) is 64.2 Å². The third kappa shape index (κ3) is 4.38. The highest BCUT2D eigenvalue weighted by atomic mass is 127. The number of rotatable bonds is 2. The Balaban J connectivity index is 1.95. The lowest BCUT2D eigenvalue weighted by Crippen LogP contribution is -2.24. The average Bonchev–Trinajstić information content (AvgIpc) is 2.81. The smallest absolute Gasteiger partial charge is 0.0197 e. The third-order valence-corrected chi connectivity index (χ3v) is 6.52. The maximum atomic E-state index is 2.77. The first-order valence-electron chi connectivity index (χ1n) is 8.29. The first-order valence-corrected chi connectivity index (χ1v) is 9.37. The summed E-state index contributed by atoms with van der Waals surface area (Å²) in [6.07, 6.45) is 16.5. The van der Waals surface area contributed by atoms with Gasteiger partial charge >= 0.3 is 0 Å². The van der Waals surface area contributed by atoms with Crippen LogP contribution in [0.2, 0.25) is 0 Å². The predicted molar refractivity (Wildman–Crippen MR) is 89.4 cm³/mol. The molecule has 1 heteroatoms. The minimum atomic E-state index is 0.580. The van der Waals surface area contributed by atoms with E-state index in [9.17, 15) is 0 Å². The molecular formula is C17H31I. The maximum absolute atomic E-state index is 2.77. The molecule has 4 atom stereocenters. The van der Waals surface area contributed by atoms with Gasteiger partial charge in [-0.25, -0.2) is 0 Å². The predicted octanol–water partition coefficient (Wildman–Crippen LogP) is 6.37. The van der Waals surface area contributed by atoms with Crippen molar-refractivity contribution in [3.63, 3.8) is 0 Å². The van der Waals surface area contributed by atoms with E-state index >= 15 is 0 Å². The second-order valence-electron chi connectivity index (χ2n) is 7.18. The average molecular weight is 362 g/mol. The number of halogens is 1. The maximum Gasteiger partial charge on any atom is 0.0197 e. The Morgan fingerprint density at radius 2 is 1.78 bits per heavy atom. The van der Waals surface area contributed by atoms with Gasteiger partial charge in [0, 0.05) is 3.42 Å². The van der Waals surface area contributed by atoms with Gasteiger partial charge < -0.3 is 0 Å². The molecule has 0 nitrogen and oxygen atoms in total. The van der Waals surface area contributed by atoms with Crippen molar-refractivity contribution in [1.29, 1.82) is 0 Å². The Morgan fingerprint density at radius 1 is 1.00 bits per heavy atom. The van der Waals surface area contributed by atoms with Crippen molar-refractivity contribution in [1.82, 2.24) is 0 Å². The van der Waals surface area contributed by atoms with Gasteiger partial charge in [-0.3, -0.25) is 0 Å². The van der Waals surface area contributed by atoms with E-state index in [0.717, 1.165) is 17.8 Å². The molecule has 2 aliphatic rings. The molecule has 0 saturated heterocycles. The fraction of sp³-hybridized carbons (Fsp3) is 1.00. The summed E-state index contributed by atoms with van der Waals surface area (Å²) in [5, 5.41) is 0. The van der Waals surface area contributed by atoms with Gasteiger partial charge in [0.1, 0.15) is 0 Å². The van der Waals surface area contributed by atoms with Crippen LogP contribution in [0.4, 0.5) is 0 Å². The molecule has 0 radical (unpaired) electrons. The van der Waals surface area contributed by atoms with Crippen LogP contribution in [-0.2, 0) is 0 Å². The Labute approximate surface area is 128 Å². The van der Waals surface area contributed by atoms with Gasteiger partial charge in [0.15, 0.2) is 0 Å². The number of hydrogen-bond donors (Lipinski definition) is 0. The molecule has 0 amide bonds. The molecule has 2 rings (SSSR count). The summed E-state index contributed by atoms with van der Waals surface area (Å²) in [6.45, 7) is 4.90. The van der Waals surface area contributed by atoms with Crippen LogP contribution in [-0.4, -0.2) is 3.42 Å². The minimum absolute atomic E-state index is 0.580. The first kappa shape index (κ1) is 15.1. The van der Waals surface area contributed by atoms with E-state index in [1.54, 1.807) is 6.42 Å². The zero-order chi connectivity index (χ0) is 13.0. The van der Waals surface area contributed by atoms with Crippen molar-refractivity contribution < 1.29 is 0 Å². The third-order valence-electron chi connectivity index (χ3n) is 5.54. The normalized spacial score (nSPS) is 43.2. The lowest BCUT2D eigenvalue weighted by molar-refractivity contribution is 0.267. The second-order valence-corrected chi connectivity index (χ2v) is 9.78. The van der Waals surface area contributed by atoms with Crippen molar-refractivity contribution in [3.8, 4) is 0 Å². The standard InChI is InChI=1S/C17H31I/c1-3-14-9-10-15(12-14)16-8-6-4-5-7-11-17(2,18)13-16/h14-16H,3-13H2,1-2H3. The van der Waals surface area contributed by atoms with Gasteiger partial charge in [0.2, 0.25) is 0 Å². The first-order chi connectivity index (χ1) is 8.61. The molecule has 0 aliphatic heterocycles. The van der Waals surface area contributed by atoms with Gasteiger partial charge in [-0.15, -0.1) is 0 Å². The van der Waals surface area contributed by atoms with Gasteiger partial charge in [-0.1, -0.05) is 81.4 Å². The molecule has 106 valence electrons. The van der Waals surface area contributed by atoms with Crippen LogP contribution in [0.5, 0.6) is 0 Å². The van der Waals surface area contributed by atoms with E-state index < -0.39 is 0 Å². The summed E-state index contributed by atoms with van der Waals surface area (Å²) in [5.74, 6) is 3.17. The van der Waals surface area contributed by atoms with E-state index in [4.69, 9.17) is 0 Å². The molecule has 2 aliphatic carbocycles. The van der Waals surface area contributed by atoms with Crippen molar-refractivity contribution in [3.05, 3.63) is 0 Å². The van der Waals surface area contributed by atoms with Gasteiger partial charge in [0.25, 0.3) is 0 Å². The summed E-state index contributed by atoms with van der Waals surface area (Å²) >= 11 is 2.77. The second kappa shape index (κ2) is 6.95. The quantitative estimate of drug-likeness (QED) is 0.396. The molecule has 0 bridgehead atoms. The molecule has 2 saturated carbocycles. The molecule has 0 aromatic heterocycles. The zero-order valence-electron chi connectivity index (χ0n) is 12.4. The van der Waals surface area contributed by atoms with Crippen molar-refractivity contribution in [2.75, 3.05) is 0 Å². The molecule has 0 N–H and O–H groups in total. The molecule has 0 aromatic carbocycles. The molecule has 0 aromatic rings. The van der Waals surface area contributed by atoms with Crippen molar-refractivity contribution >= 4 is 22.6 Å². The summed E-state index contributed by atoms with van der Waals surface area (Å²) in [5.41, 5.74) is 0. The molecule has 18 heavy (non-hydrogen) atoms. The van der Waals surface area contributed by atoms with E-state index in [2.05, 4.69) is 36.4 Å². The summed E-state index contributed by atoms with van der Waals surface area (Å²) in [7, 11) is 0. The van der Waals surface area contributed by atoms with E-state index in [-0.39, 0.29) is 0 Å². The van der Waals surface area contributed by atoms with E-state index in [0.29, 0.717) is 3.42 Å². The monoisotopic (exact) mass is 362 g/mol. The summed E-state index contributed by atoms with van der Waals surface area (Å²) in [4.78, 5) is 0. The molecule has 0 heterocycles. The van der Waals surface area contributed by atoms with Gasteiger partial charge in [-0.2, -0.15) is 0 Å². The molecule has 2 fully saturated rings. The Morgan fingerprint density at radius 3 is 2.50 bits per heavy atom. The van der Waals surface area contributed by atoms with Gasteiger partial charge in [-0.05, 0) is 43.4 Å². The fourth-order valence-electron chi connectivity index (χ4n) is 4.32. The summed E-state index contributed by atoms with van der Waals surface area (Å²) in [6, 6.07) is 0. The van der Waals surface area contributed by atoms with Crippen LogP contribution in [0.15, 0.2) is 0 Å². The van der Waals surface area contributed by atoms with Crippen LogP contribution in [0.3, 0.4) is 0 Å². The zero-order valence-corrected chi connectivity index (χ0v) is 14.5. The summed E-state index contributed by atoms with van der Waals surface area (Å²) < 4.78 is 0.580. The van der Waals surface area contributed by atoms with Crippen LogP contribution >= 0.6 is 22.6 Å². The lowest BCUT2D eigenvalue weighted by atomic mass is 9.80. The van der Waals surface area contributed by atoms with Crippen LogP contribution in [0, 0.1) is 17.8 Å². The Kier molecular flexibility index (Phi) is 5.84. The minimum Gasteiger partial charge on any atom is -0.0792 e. The Hall–Kier alpha value is 0.730. The highest BCUT2D eigenvalue weighted by Gasteiger charge is 2.34. The lowest BCUT2D eigenvalue weighted by Gasteiger charge is -2.31. The molecule has 0 spiro atoms. The van der Waals surface area contributed by atoms with Gasteiger partial charge in [0.05, 0.1) is 0 Å². The van der Waals surface area contributed by atoms with E-state index in [1.807, 2.05) is 0 Å². The number of alkyl halides is 1. The van der Waals surface area contributed by atoms with Crippen molar-refractivity contribution in [2.45, 2.75) is 87.9 Å². The molecular weight excluding hydrogens is 331 g/mol. The SMILES string of the molecule is CCC1CCC(C2CCCCCCC(C)(I)C2)C1. The van der Waals surface area contributed by atoms with Crippen molar-refractivity contribution in [2.24, 2.45) is 17.8 Å². The highest BCUT2D eigenvalue weighted by Crippen LogP contribution is 2.45. The number of hydrogen-bond acceptors (Lipinski definition) is 0. The van der Waals surface area contributed by atoms with Crippen LogP contribution in [0.25, 0.3) is 0 Å². The van der Waals surface area contributed by atoms with Crippen LogP contribution < -0.4 is 0 Å². The molecule has 4 unspecified atom stereocenters. The Bertz CT molecular complexity index is 246. The highest BCUT2D eigenvalue weighted by molar-refractivity contribution is 14.1. The fourth-order valence-corrected chi connectivity index (χ4v) is 5.27. The van der Waals surface area contributed by atoms with Crippen LogP contribution in [0.1, 0.15) is 84.5 Å².